The topological polar surface area (TPSA) is 43.8 Å². The molecule has 1 atom stereocenters. The van der Waals surface area contributed by atoms with Gasteiger partial charge in [-0.1, -0.05) is 0 Å². The molecule has 0 radical (unpaired) electrons. The van der Waals surface area contributed by atoms with Gasteiger partial charge in [-0.25, -0.2) is 0 Å². The zero-order valence-corrected chi connectivity index (χ0v) is 9.04. The Hall–Kier alpha value is -1.27. The summed E-state index contributed by atoms with van der Waals surface area (Å²) >= 11 is 0. The summed E-state index contributed by atoms with van der Waals surface area (Å²) in [6.45, 7) is 3.82. The van der Waals surface area contributed by atoms with Crippen molar-refractivity contribution in [1.29, 1.82) is 0 Å². The van der Waals surface area contributed by atoms with Crippen molar-refractivity contribution in [3.63, 3.8) is 0 Å². The van der Waals surface area contributed by atoms with Crippen LogP contribution in [0.5, 0.6) is 0 Å². The van der Waals surface area contributed by atoms with E-state index < -0.39 is 0 Å². The first-order valence-electron chi connectivity index (χ1n) is 4.81. The Morgan fingerprint density at radius 2 is 2.36 bits per heavy atom. The molecule has 0 bridgehead atoms. The number of nitrogens with two attached hydrogens (primary N) is 1. The smallest absolute Gasteiger partial charge is 0.0597 e. The highest BCUT2D eigenvalue weighted by molar-refractivity contribution is 5.13. The van der Waals surface area contributed by atoms with Gasteiger partial charge in [-0.05, 0) is 26.3 Å². The van der Waals surface area contributed by atoms with Crippen LogP contribution in [0.1, 0.15) is 37.2 Å². The molecule has 0 spiro atoms. The van der Waals surface area contributed by atoms with E-state index in [4.69, 9.17) is 5.73 Å². The van der Waals surface area contributed by atoms with E-state index in [-0.39, 0.29) is 6.04 Å². The number of rotatable bonds is 3. The van der Waals surface area contributed by atoms with Gasteiger partial charge in [0.1, 0.15) is 0 Å². The van der Waals surface area contributed by atoms with E-state index in [2.05, 4.69) is 16.9 Å². The summed E-state index contributed by atoms with van der Waals surface area (Å²) in [6, 6.07) is 2.08. The molecule has 3 nitrogen and oxygen atoms in total. The van der Waals surface area contributed by atoms with Crippen LogP contribution in [0.4, 0.5) is 0 Å². The van der Waals surface area contributed by atoms with E-state index >= 15 is 0 Å². The van der Waals surface area contributed by atoms with Crippen LogP contribution in [0.15, 0.2) is 6.07 Å². The van der Waals surface area contributed by atoms with Crippen LogP contribution in [0.3, 0.4) is 0 Å². The highest BCUT2D eigenvalue weighted by Crippen LogP contribution is 2.15. The molecule has 0 saturated heterocycles. The van der Waals surface area contributed by atoms with Crippen molar-refractivity contribution < 1.29 is 0 Å². The molecular formula is C11H17N3. The van der Waals surface area contributed by atoms with Gasteiger partial charge in [-0.3, -0.25) is 4.68 Å². The van der Waals surface area contributed by atoms with Gasteiger partial charge >= 0.3 is 0 Å². The average molecular weight is 191 g/mol. The lowest BCUT2D eigenvalue weighted by atomic mass is 10.1. The normalized spacial score (nSPS) is 12.0. The zero-order valence-electron chi connectivity index (χ0n) is 9.04. The first-order valence-corrected chi connectivity index (χ1v) is 4.81. The molecule has 1 rings (SSSR count). The summed E-state index contributed by atoms with van der Waals surface area (Å²) < 4.78 is 1.85. The van der Waals surface area contributed by atoms with E-state index in [9.17, 15) is 0 Å². The maximum atomic E-state index is 6.02. The van der Waals surface area contributed by atoms with Crippen molar-refractivity contribution in [2.45, 2.75) is 32.7 Å². The monoisotopic (exact) mass is 191 g/mol. The number of hydrogen-bond donors (Lipinski definition) is 1. The van der Waals surface area contributed by atoms with Gasteiger partial charge in [0.15, 0.2) is 0 Å². The third-order valence-corrected chi connectivity index (χ3v) is 2.18. The highest BCUT2D eigenvalue weighted by Gasteiger charge is 2.10. The molecule has 76 valence electrons. The molecule has 1 aromatic rings. The number of aryl methyl sites for hydroxylation is 2. The molecule has 1 heterocycles. The van der Waals surface area contributed by atoms with E-state index in [0.717, 1.165) is 24.2 Å². The standard InChI is InChI=1S/C11H17N3/c1-4-5-6-7-10(12)11-8-9(2)13-14(11)3/h8,10H,6-7,12H2,1-3H3. The molecule has 0 aliphatic heterocycles. The predicted molar refractivity (Wildman–Crippen MR) is 57.6 cm³/mol. The van der Waals surface area contributed by atoms with Gasteiger partial charge < -0.3 is 5.73 Å². The second-order valence-corrected chi connectivity index (χ2v) is 3.41. The molecule has 0 aliphatic rings. The molecule has 2 N–H and O–H groups in total. The lowest BCUT2D eigenvalue weighted by molar-refractivity contribution is 0.589. The van der Waals surface area contributed by atoms with E-state index in [1.54, 1.807) is 0 Å². The summed E-state index contributed by atoms with van der Waals surface area (Å²) in [5.41, 5.74) is 8.12. The Kier molecular flexibility index (Phi) is 3.73. The van der Waals surface area contributed by atoms with Gasteiger partial charge in [0.2, 0.25) is 0 Å². The van der Waals surface area contributed by atoms with Crippen molar-refractivity contribution >= 4 is 0 Å². The fourth-order valence-corrected chi connectivity index (χ4v) is 1.48. The first-order chi connectivity index (χ1) is 6.65. The molecular weight excluding hydrogens is 174 g/mol. The molecule has 0 fully saturated rings. The second-order valence-electron chi connectivity index (χ2n) is 3.41. The summed E-state index contributed by atoms with van der Waals surface area (Å²) in [4.78, 5) is 0. The van der Waals surface area contributed by atoms with Crippen LogP contribution in [0, 0.1) is 18.8 Å². The van der Waals surface area contributed by atoms with Gasteiger partial charge in [0.25, 0.3) is 0 Å². The quantitative estimate of drug-likeness (QED) is 0.736. The maximum Gasteiger partial charge on any atom is 0.0597 e. The number of hydrogen-bond acceptors (Lipinski definition) is 2. The van der Waals surface area contributed by atoms with Crippen molar-refractivity contribution in [2.24, 2.45) is 12.8 Å². The molecule has 0 aliphatic carbocycles. The minimum Gasteiger partial charge on any atom is -0.323 e. The van der Waals surface area contributed by atoms with Crippen LogP contribution >= 0.6 is 0 Å². The Balaban J connectivity index is 2.62. The third-order valence-electron chi connectivity index (χ3n) is 2.18. The summed E-state index contributed by atoms with van der Waals surface area (Å²) in [5, 5.41) is 4.26. The van der Waals surface area contributed by atoms with Gasteiger partial charge in [-0.15, -0.1) is 11.8 Å². The molecule has 1 unspecified atom stereocenters. The van der Waals surface area contributed by atoms with Crippen molar-refractivity contribution in [2.75, 3.05) is 0 Å². The van der Waals surface area contributed by atoms with Crippen LogP contribution < -0.4 is 5.73 Å². The molecule has 0 saturated carbocycles. The first kappa shape index (κ1) is 10.8. The lowest BCUT2D eigenvalue weighted by Gasteiger charge is -2.09. The largest absolute Gasteiger partial charge is 0.323 e. The second kappa shape index (κ2) is 4.83. The Labute approximate surface area is 85.3 Å². The SMILES string of the molecule is CC#CCCC(N)c1cc(C)nn1C. The van der Waals surface area contributed by atoms with Crippen molar-refractivity contribution in [3.8, 4) is 11.8 Å². The van der Waals surface area contributed by atoms with Crippen LogP contribution in [0.2, 0.25) is 0 Å². The Morgan fingerprint density at radius 3 is 2.86 bits per heavy atom. The zero-order chi connectivity index (χ0) is 10.6. The molecule has 14 heavy (non-hydrogen) atoms. The number of aromatic nitrogens is 2. The highest BCUT2D eigenvalue weighted by atomic mass is 15.3. The fourth-order valence-electron chi connectivity index (χ4n) is 1.48. The van der Waals surface area contributed by atoms with Crippen LogP contribution in [0.25, 0.3) is 0 Å². The Bertz CT molecular complexity index is 354. The molecule has 3 heteroatoms. The van der Waals surface area contributed by atoms with Crippen LogP contribution in [-0.2, 0) is 7.05 Å². The Morgan fingerprint density at radius 1 is 1.64 bits per heavy atom. The average Bonchev–Trinajstić information content (AvgIpc) is 2.45. The van der Waals surface area contributed by atoms with Gasteiger partial charge in [0.05, 0.1) is 11.4 Å². The fraction of sp³-hybridized carbons (Fsp3) is 0.545. The van der Waals surface area contributed by atoms with Crippen molar-refractivity contribution in [3.05, 3.63) is 17.5 Å². The van der Waals surface area contributed by atoms with Crippen LogP contribution in [-0.4, -0.2) is 9.78 Å². The summed E-state index contributed by atoms with van der Waals surface area (Å²) in [7, 11) is 1.92. The van der Waals surface area contributed by atoms with E-state index in [1.807, 2.05) is 31.6 Å². The predicted octanol–water partition coefficient (Wildman–Crippen LogP) is 1.53. The third kappa shape index (κ3) is 2.61. The maximum absolute atomic E-state index is 6.02. The lowest BCUT2D eigenvalue weighted by Crippen LogP contribution is -2.14. The van der Waals surface area contributed by atoms with Gasteiger partial charge in [-0.2, -0.15) is 5.10 Å². The van der Waals surface area contributed by atoms with E-state index in [1.165, 1.54) is 0 Å². The molecule has 0 aromatic carbocycles. The summed E-state index contributed by atoms with van der Waals surface area (Å²) in [6.07, 6.45) is 1.74. The minimum absolute atomic E-state index is 0.0436. The summed E-state index contributed by atoms with van der Waals surface area (Å²) in [5.74, 6) is 5.88. The minimum atomic E-state index is 0.0436. The number of nitrogens with zero attached hydrogens (tertiary/aromatic N) is 2. The van der Waals surface area contributed by atoms with Gasteiger partial charge in [0, 0.05) is 19.5 Å². The molecule has 0 amide bonds. The van der Waals surface area contributed by atoms with Crippen molar-refractivity contribution in [1.82, 2.24) is 9.78 Å². The molecule has 1 aromatic heterocycles. The van der Waals surface area contributed by atoms with E-state index in [0.29, 0.717) is 0 Å².